The summed E-state index contributed by atoms with van der Waals surface area (Å²) in [6.45, 7) is 1.59. The van der Waals surface area contributed by atoms with Gasteiger partial charge in [-0.2, -0.15) is 13.2 Å². The van der Waals surface area contributed by atoms with Crippen LogP contribution in [0.25, 0.3) is 0 Å². The van der Waals surface area contributed by atoms with Crippen LogP contribution >= 0.6 is 0 Å². The minimum atomic E-state index is -4.44. The Kier molecular flexibility index (Phi) is 7.72. The fourth-order valence-electron chi connectivity index (χ4n) is 5.45. The maximum Gasteiger partial charge on any atom is 0.416 e. The Balaban J connectivity index is 1.52. The van der Waals surface area contributed by atoms with Crippen LogP contribution in [0.5, 0.6) is 0 Å². The molecule has 13 heteroatoms. The second-order valence-electron chi connectivity index (χ2n) is 9.80. The normalized spacial score (nSPS) is 43.1. The molecule has 1 unspecified atom stereocenters. The van der Waals surface area contributed by atoms with E-state index in [1.165, 1.54) is 12.1 Å². The van der Waals surface area contributed by atoms with Gasteiger partial charge in [0.15, 0.2) is 0 Å². The Morgan fingerprint density at radius 3 is 2.19 bits per heavy atom. The van der Waals surface area contributed by atoms with Gasteiger partial charge in [0.2, 0.25) is 12.1 Å². The number of aliphatic hydroxyl groups excluding tert-OH is 2. The van der Waals surface area contributed by atoms with Gasteiger partial charge in [-0.1, -0.05) is 12.1 Å². The monoisotopic (exact) mass is 521 g/mol. The zero-order chi connectivity index (χ0) is 26.5. The summed E-state index contributed by atoms with van der Waals surface area (Å²) in [5.41, 5.74) is -2.15. The number of alkyl halides is 3. The Hall–Kier alpha value is -1.39. The number of benzene rings is 1. The molecule has 0 spiro atoms. The van der Waals surface area contributed by atoms with Crippen molar-refractivity contribution in [3.8, 4) is 0 Å². The number of ether oxygens (including phenoxy) is 3. The lowest BCUT2D eigenvalue weighted by Gasteiger charge is -2.60. The minimum Gasteiger partial charge on any atom is -0.390 e. The van der Waals surface area contributed by atoms with Crippen molar-refractivity contribution in [2.45, 2.75) is 86.3 Å². The third-order valence-corrected chi connectivity index (χ3v) is 7.38. The number of rotatable bonds is 6. The molecule has 2 aliphatic heterocycles. The van der Waals surface area contributed by atoms with Crippen molar-refractivity contribution in [3.05, 3.63) is 35.4 Å². The summed E-state index contributed by atoms with van der Waals surface area (Å²) in [5, 5.41) is 53.5. The van der Waals surface area contributed by atoms with Gasteiger partial charge in [0.05, 0.1) is 29.9 Å². The molecular weight excluding hydrogens is 487 g/mol. The lowest BCUT2D eigenvalue weighted by atomic mass is 9.77. The average molecular weight is 522 g/mol. The molecule has 2 saturated heterocycles. The van der Waals surface area contributed by atoms with Gasteiger partial charge >= 0.3 is 6.18 Å². The first kappa shape index (κ1) is 27.6. The van der Waals surface area contributed by atoms with Gasteiger partial charge < -0.3 is 50.6 Å². The summed E-state index contributed by atoms with van der Waals surface area (Å²) < 4.78 is 56.2. The number of aliphatic hydroxyl groups is 4. The van der Waals surface area contributed by atoms with Crippen molar-refractivity contribution < 1.29 is 47.8 Å². The van der Waals surface area contributed by atoms with Crippen molar-refractivity contribution in [3.63, 3.8) is 0 Å². The van der Waals surface area contributed by atoms with Crippen LogP contribution in [0.2, 0.25) is 0 Å². The van der Waals surface area contributed by atoms with Crippen molar-refractivity contribution in [1.82, 2.24) is 16.0 Å². The van der Waals surface area contributed by atoms with E-state index in [2.05, 4.69) is 16.0 Å². The molecular formula is C23H34F3N3O7. The second kappa shape index (κ2) is 10.1. The highest BCUT2D eigenvalue weighted by Crippen LogP contribution is 2.46. The van der Waals surface area contributed by atoms with E-state index < -0.39 is 72.0 Å². The first-order valence-electron chi connectivity index (χ1n) is 11.9. The molecule has 4 rings (SSSR count). The fourth-order valence-corrected chi connectivity index (χ4v) is 5.45. The predicted molar refractivity (Wildman–Crippen MR) is 119 cm³/mol. The molecule has 3 fully saturated rings. The van der Waals surface area contributed by atoms with Gasteiger partial charge in [-0.3, -0.25) is 0 Å². The van der Waals surface area contributed by atoms with Crippen LogP contribution in [0.15, 0.2) is 24.3 Å². The van der Waals surface area contributed by atoms with Crippen LogP contribution in [0.4, 0.5) is 13.2 Å². The highest BCUT2D eigenvalue weighted by Gasteiger charge is 2.68. The quantitative estimate of drug-likeness (QED) is 0.250. The number of halogens is 3. The lowest BCUT2D eigenvalue weighted by molar-refractivity contribution is -0.482. The van der Waals surface area contributed by atoms with Crippen molar-refractivity contribution in [1.29, 1.82) is 0 Å². The fraction of sp³-hybridized carbons (Fsp3) is 0.739. The van der Waals surface area contributed by atoms with Crippen LogP contribution in [-0.4, -0.2) is 101 Å². The molecule has 2 heterocycles. The molecule has 10 nitrogen and oxygen atoms in total. The summed E-state index contributed by atoms with van der Waals surface area (Å²) in [5.74, 6) is -2.37. The molecule has 10 atom stereocenters. The van der Waals surface area contributed by atoms with Crippen LogP contribution in [-0.2, 0) is 26.9 Å². The topological polar surface area (TPSA) is 145 Å². The predicted octanol–water partition coefficient (Wildman–Crippen LogP) is -0.955. The summed E-state index contributed by atoms with van der Waals surface area (Å²) >= 11 is 0. The molecule has 7 N–H and O–H groups in total. The molecule has 0 radical (unpaired) electrons. The van der Waals surface area contributed by atoms with Crippen molar-refractivity contribution in [2.75, 3.05) is 20.6 Å². The summed E-state index contributed by atoms with van der Waals surface area (Å²) in [4.78, 5) is 0. The third kappa shape index (κ3) is 4.77. The first-order valence-corrected chi connectivity index (χ1v) is 11.9. The highest BCUT2D eigenvalue weighted by atomic mass is 19.4. The molecule has 0 bridgehead atoms. The summed E-state index contributed by atoms with van der Waals surface area (Å²) in [6.07, 6.45) is -10.8. The maximum absolute atomic E-state index is 12.8. The molecule has 1 aromatic rings. The first-order chi connectivity index (χ1) is 16.8. The van der Waals surface area contributed by atoms with E-state index in [1.807, 2.05) is 0 Å². The van der Waals surface area contributed by atoms with Gasteiger partial charge in [-0.05, 0) is 38.7 Å². The average Bonchev–Trinajstić information content (AvgIpc) is 2.80. The Morgan fingerprint density at radius 2 is 1.61 bits per heavy atom. The number of fused-ring (bicyclic) bond motifs is 2. The molecule has 1 aromatic carbocycles. The SMILES string of the molecule is CN[C@@H]1[C@H](O)[C@H](NC)[C@H]2O[C@]3(O)[C@H](OC2[C@H]1O)O[C@H](C)C[C@@]3(O)CNCc1ccc(C(F)(F)F)cc1. The molecule has 1 saturated carbocycles. The van der Waals surface area contributed by atoms with Crippen LogP contribution in [0.1, 0.15) is 24.5 Å². The van der Waals surface area contributed by atoms with Crippen LogP contribution in [0.3, 0.4) is 0 Å². The van der Waals surface area contributed by atoms with E-state index in [9.17, 15) is 33.6 Å². The van der Waals surface area contributed by atoms with E-state index in [0.29, 0.717) is 5.56 Å². The largest absolute Gasteiger partial charge is 0.416 e. The van der Waals surface area contributed by atoms with Crippen LogP contribution < -0.4 is 16.0 Å². The Bertz CT molecular complexity index is 910. The Morgan fingerprint density at radius 1 is 0.972 bits per heavy atom. The van der Waals surface area contributed by atoms with Gasteiger partial charge in [0, 0.05) is 19.5 Å². The number of hydrogen-bond acceptors (Lipinski definition) is 10. The minimum absolute atomic E-state index is 0.0464. The van der Waals surface area contributed by atoms with E-state index >= 15 is 0 Å². The molecule has 3 aliphatic rings. The number of nitrogens with one attached hydrogen (secondary N) is 3. The van der Waals surface area contributed by atoms with E-state index in [4.69, 9.17) is 14.2 Å². The van der Waals surface area contributed by atoms with Gasteiger partial charge in [0.25, 0.3) is 0 Å². The zero-order valence-corrected chi connectivity index (χ0v) is 20.2. The third-order valence-electron chi connectivity index (χ3n) is 7.38. The summed E-state index contributed by atoms with van der Waals surface area (Å²) in [6, 6.07) is 3.10. The number of hydrogen-bond donors (Lipinski definition) is 7. The smallest absolute Gasteiger partial charge is 0.390 e. The highest BCUT2D eigenvalue weighted by molar-refractivity contribution is 5.24. The van der Waals surface area contributed by atoms with Gasteiger partial charge in [0.1, 0.15) is 23.9 Å². The second-order valence-corrected chi connectivity index (χ2v) is 9.80. The van der Waals surface area contributed by atoms with E-state index in [-0.39, 0.29) is 19.5 Å². The molecule has 0 amide bonds. The van der Waals surface area contributed by atoms with Gasteiger partial charge in [-0.25, -0.2) is 0 Å². The molecule has 36 heavy (non-hydrogen) atoms. The maximum atomic E-state index is 12.8. The zero-order valence-electron chi connectivity index (χ0n) is 20.2. The Labute approximate surface area is 206 Å². The standard InChI is InChI=1S/C23H34F3N3O7/c1-11-8-21(32,10-29-9-12-4-6-13(7-5-12)23(24,25)26)22(33)20(34-11)35-19-17(31)14(27-2)16(30)15(28-3)18(19)36-22/h4-7,11,14-20,27-33H,8-10H2,1-3H3/t11-,14-,15+,16+,17+,18-,19?,20+,21-,22-/m1/s1. The summed E-state index contributed by atoms with van der Waals surface area (Å²) in [7, 11) is 3.18. The van der Waals surface area contributed by atoms with Crippen molar-refractivity contribution in [2.24, 2.45) is 0 Å². The van der Waals surface area contributed by atoms with E-state index in [0.717, 1.165) is 12.1 Å². The van der Waals surface area contributed by atoms with Crippen molar-refractivity contribution >= 4 is 0 Å². The van der Waals surface area contributed by atoms with E-state index in [1.54, 1.807) is 21.0 Å². The molecule has 0 aromatic heterocycles. The van der Waals surface area contributed by atoms with Crippen LogP contribution in [0, 0.1) is 0 Å². The molecule has 204 valence electrons. The number of likely N-dealkylation sites (N-methyl/N-ethyl adjacent to an activating group) is 2. The molecule has 1 aliphatic carbocycles. The van der Waals surface area contributed by atoms with Gasteiger partial charge in [-0.15, -0.1) is 0 Å². The lowest BCUT2D eigenvalue weighted by Crippen LogP contribution is -2.81.